The lowest BCUT2D eigenvalue weighted by molar-refractivity contribution is -0.116. The number of aromatic nitrogens is 2. The molecular formula is C20H21N3O2. The zero-order valence-corrected chi connectivity index (χ0v) is 14.7. The molecule has 0 aliphatic heterocycles. The van der Waals surface area contributed by atoms with E-state index in [2.05, 4.69) is 15.5 Å². The number of anilines is 1. The maximum Gasteiger partial charge on any atom is 0.247 e. The van der Waals surface area contributed by atoms with Crippen LogP contribution in [0.4, 0.5) is 5.69 Å². The van der Waals surface area contributed by atoms with Gasteiger partial charge in [-0.3, -0.25) is 4.79 Å². The van der Waals surface area contributed by atoms with Crippen LogP contribution in [0.2, 0.25) is 0 Å². The predicted octanol–water partition coefficient (Wildman–Crippen LogP) is 4.23. The van der Waals surface area contributed by atoms with E-state index in [1.165, 1.54) is 0 Å². The minimum Gasteiger partial charge on any atom is -0.421 e. The Kier molecular flexibility index (Phi) is 4.93. The summed E-state index contributed by atoms with van der Waals surface area (Å²) in [6.07, 6.45) is 0.707. The number of hydrogen-bond donors (Lipinski definition) is 1. The molecule has 0 radical (unpaired) electrons. The first-order valence-electron chi connectivity index (χ1n) is 8.28. The topological polar surface area (TPSA) is 68.0 Å². The Morgan fingerprint density at radius 3 is 2.48 bits per heavy atom. The van der Waals surface area contributed by atoms with Crippen molar-refractivity contribution in [3.8, 4) is 11.5 Å². The van der Waals surface area contributed by atoms with E-state index in [9.17, 15) is 4.79 Å². The fraction of sp³-hybridized carbons (Fsp3) is 0.250. The summed E-state index contributed by atoms with van der Waals surface area (Å²) in [5.74, 6) is 0.884. The van der Waals surface area contributed by atoms with Crippen molar-refractivity contribution in [2.75, 3.05) is 5.32 Å². The normalized spacial score (nSPS) is 10.7. The molecule has 1 N–H and O–H groups in total. The van der Waals surface area contributed by atoms with E-state index in [-0.39, 0.29) is 5.91 Å². The zero-order chi connectivity index (χ0) is 17.8. The summed E-state index contributed by atoms with van der Waals surface area (Å²) in [6.45, 7) is 5.97. The van der Waals surface area contributed by atoms with Gasteiger partial charge in [0.25, 0.3) is 0 Å². The second-order valence-corrected chi connectivity index (χ2v) is 6.19. The molecule has 0 fully saturated rings. The highest BCUT2D eigenvalue weighted by atomic mass is 16.4. The number of carbonyl (C=O) groups is 1. The molecule has 0 aliphatic rings. The van der Waals surface area contributed by atoms with E-state index >= 15 is 0 Å². The number of aryl methyl sites for hydroxylation is 4. The Bertz CT molecular complexity index is 879. The van der Waals surface area contributed by atoms with Gasteiger partial charge < -0.3 is 9.73 Å². The van der Waals surface area contributed by atoms with Crippen molar-refractivity contribution in [2.45, 2.75) is 33.6 Å². The standard InChI is InChI=1S/C20H21N3O2/c1-13-6-4-9-16(12-13)20-23-22-18(25-20)11-10-17(24)21-19-14(2)7-5-8-15(19)3/h4-9,12H,10-11H2,1-3H3,(H,21,24). The number of nitrogens with zero attached hydrogens (tertiary/aromatic N) is 2. The first-order valence-corrected chi connectivity index (χ1v) is 8.28. The summed E-state index contributed by atoms with van der Waals surface area (Å²) in [6, 6.07) is 13.8. The lowest BCUT2D eigenvalue weighted by atomic mass is 10.1. The first kappa shape index (κ1) is 16.9. The number of carbonyl (C=O) groups excluding carboxylic acids is 1. The van der Waals surface area contributed by atoms with E-state index in [0.717, 1.165) is 27.9 Å². The van der Waals surface area contributed by atoms with Gasteiger partial charge in [0.1, 0.15) is 0 Å². The van der Waals surface area contributed by atoms with Crippen molar-refractivity contribution < 1.29 is 9.21 Å². The summed E-state index contributed by atoms with van der Waals surface area (Å²) >= 11 is 0. The van der Waals surface area contributed by atoms with Crippen molar-refractivity contribution in [3.05, 3.63) is 65.0 Å². The summed E-state index contributed by atoms with van der Waals surface area (Å²) in [7, 11) is 0. The molecule has 1 aromatic heterocycles. The summed E-state index contributed by atoms with van der Waals surface area (Å²) in [5, 5.41) is 11.1. The molecule has 0 saturated carbocycles. The molecule has 25 heavy (non-hydrogen) atoms. The third-order valence-electron chi connectivity index (χ3n) is 4.04. The van der Waals surface area contributed by atoms with E-state index in [4.69, 9.17) is 4.42 Å². The van der Waals surface area contributed by atoms with Crippen LogP contribution < -0.4 is 5.32 Å². The Labute approximate surface area is 147 Å². The van der Waals surface area contributed by atoms with Crippen LogP contribution >= 0.6 is 0 Å². The molecule has 2 aromatic carbocycles. The fourth-order valence-corrected chi connectivity index (χ4v) is 2.68. The molecule has 3 aromatic rings. The monoisotopic (exact) mass is 335 g/mol. The molecule has 0 bridgehead atoms. The molecular weight excluding hydrogens is 314 g/mol. The average Bonchev–Trinajstić information content (AvgIpc) is 3.06. The van der Waals surface area contributed by atoms with Crippen LogP contribution in [0.15, 0.2) is 46.9 Å². The molecule has 128 valence electrons. The first-order chi connectivity index (χ1) is 12.0. The summed E-state index contributed by atoms with van der Waals surface area (Å²) in [4.78, 5) is 12.2. The Hall–Kier alpha value is -2.95. The van der Waals surface area contributed by atoms with E-state index in [1.807, 2.05) is 63.2 Å². The maximum absolute atomic E-state index is 12.2. The van der Waals surface area contributed by atoms with Gasteiger partial charge in [-0.05, 0) is 44.0 Å². The van der Waals surface area contributed by atoms with Crippen molar-refractivity contribution in [1.82, 2.24) is 10.2 Å². The molecule has 0 aliphatic carbocycles. The van der Waals surface area contributed by atoms with Crippen molar-refractivity contribution >= 4 is 11.6 Å². The van der Waals surface area contributed by atoms with E-state index in [0.29, 0.717) is 24.6 Å². The fourth-order valence-electron chi connectivity index (χ4n) is 2.68. The minimum absolute atomic E-state index is 0.0623. The predicted molar refractivity (Wildman–Crippen MR) is 97.3 cm³/mol. The molecule has 1 amide bonds. The number of para-hydroxylation sites is 1. The SMILES string of the molecule is Cc1cccc(-c2nnc(CCC(=O)Nc3c(C)cccc3C)o2)c1. The quantitative estimate of drug-likeness (QED) is 0.757. The lowest BCUT2D eigenvalue weighted by Crippen LogP contribution is -2.14. The number of amides is 1. The van der Waals surface area contributed by atoms with Gasteiger partial charge in [-0.2, -0.15) is 0 Å². The molecule has 1 heterocycles. The van der Waals surface area contributed by atoms with E-state index < -0.39 is 0 Å². The highest BCUT2D eigenvalue weighted by Gasteiger charge is 2.12. The summed E-state index contributed by atoms with van der Waals surface area (Å²) < 4.78 is 5.67. The smallest absolute Gasteiger partial charge is 0.247 e. The zero-order valence-electron chi connectivity index (χ0n) is 14.7. The molecule has 0 unspecified atom stereocenters. The summed E-state index contributed by atoms with van der Waals surface area (Å²) in [5.41, 5.74) is 4.99. The van der Waals surface area contributed by atoms with Crippen molar-refractivity contribution in [3.63, 3.8) is 0 Å². The van der Waals surface area contributed by atoms with Crippen LogP contribution in [-0.4, -0.2) is 16.1 Å². The maximum atomic E-state index is 12.2. The van der Waals surface area contributed by atoms with Crippen molar-refractivity contribution in [1.29, 1.82) is 0 Å². The van der Waals surface area contributed by atoms with Crippen LogP contribution in [0.25, 0.3) is 11.5 Å². The molecule has 5 nitrogen and oxygen atoms in total. The second kappa shape index (κ2) is 7.30. The van der Waals surface area contributed by atoms with Gasteiger partial charge in [0.15, 0.2) is 0 Å². The van der Waals surface area contributed by atoms with Gasteiger partial charge in [-0.25, -0.2) is 0 Å². The van der Waals surface area contributed by atoms with Gasteiger partial charge in [0.2, 0.25) is 17.7 Å². The van der Waals surface area contributed by atoms with Gasteiger partial charge >= 0.3 is 0 Å². The van der Waals surface area contributed by atoms with Gasteiger partial charge in [0.05, 0.1) is 0 Å². The highest BCUT2D eigenvalue weighted by Crippen LogP contribution is 2.21. The average molecular weight is 335 g/mol. The number of rotatable bonds is 5. The molecule has 0 atom stereocenters. The Morgan fingerprint density at radius 1 is 1.04 bits per heavy atom. The van der Waals surface area contributed by atoms with Gasteiger partial charge in [-0.15, -0.1) is 10.2 Å². The molecule has 0 spiro atoms. The molecule has 5 heteroatoms. The number of hydrogen-bond acceptors (Lipinski definition) is 4. The van der Waals surface area contributed by atoms with E-state index in [1.54, 1.807) is 0 Å². The number of nitrogens with one attached hydrogen (secondary N) is 1. The molecule has 0 saturated heterocycles. The third kappa shape index (κ3) is 4.12. The largest absolute Gasteiger partial charge is 0.421 e. The van der Waals surface area contributed by atoms with Crippen molar-refractivity contribution in [2.24, 2.45) is 0 Å². The molecule has 3 rings (SSSR count). The minimum atomic E-state index is -0.0623. The van der Waals surface area contributed by atoms with Crippen LogP contribution in [0.1, 0.15) is 29.0 Å². The van der Waals surface area contributed by atoms with Crippen LogP contribution in [0.5, 0.6) is 0 Å². The van der Waals surface area contributed by atoms with Gasteiger partial charge in [-0.1, -0.05) is 35.9 Å². The number of benzene rings is 2. The van der Waals surface area contributed by atoms with Crippen LogP contribution in [-0.2, 0) is 11.2 Å². The highest BCUT2D eigenvalue weighted by molar-refractivity contribution is 5.92. The Morgan fingerprint density at radius 2 is 1.76 bits per heavy atom. The Balaban J connectivity index is 1.61. The van der Waals surface area contributed by atoms with Crippen LogP contribution in [0.3, 0.4) is 0 Å². The lowest BCUT2D eigenvalue weighted by Gasteiger charge is -2.10. The second-order valence-electron chi connectivity index (χ2n) is 6.19. The third-order valence-corrected chi connectivity index (χ3v) is 4.04. The van der Waals surface area contributed by atoms with Gasteiger partial charge in [0, 0.05) is 24.1 Å². The van der Waals surface area contributed by atoms with Crippen LogP contribution in [0, 0.1) is 20.8 Å².